The second kappa shape index (κ2) is 5.79. The lowest BCUT2D eigenvalue weighted by Gasteiger charge is -2.03. The minimum atomic E-state index is -0.547. The minimum Gasteiger partial charge on any atom is -0.366 e. The van der Waals surface area contributed by atoms with E-state index in [4.69, 9.17) is 5.73 Å². The summed E-state index contributed by atoms with van der Waals surface area (Å²) in [6.45, 7) is 0. The first-order valence-corrected chi connectivity index (χ1v) is 5.89. The first kappa shape index (κ1) is 13.5. The molecule has 2 aromatic carbocycles. The van der Waals surface area contributed by atoms with Crippen LogP contribution in [0.4, 0.5) is 5.69 Å². The van der Waals surface area contributed by atoms with Gasteiger partial charge in [0.25, 0.3) is 5.69 Å². The van der Waals surface area contributed by atoms with Crippen LogP contribution >= 0.6 is 0 Å². The average molecular weight is 268 g/mol. The molecule has 0 fully saturated rings. The third kappa shape index (κ3) is 3.08. The molecule has 100 valence electrons. The number of hydrogen-bond donors (Lipinski definition) is 1. The Morgan fingerprint density at radius 3 is 2.15 bits per heavy atom. The molecule has 5 heteroatoms. The summed E-state index contributed by atoms with van der Waals surface area (Å²) in [6.07, 6.45) is 1.61. The highest BCUT2D eigenvalue weighted by Gasteiger charge is 2.09. The van der Waals surface area contributed by atoms with Crippen molar-refractivity contribution >= 4 is 23.2 Å². The molecule has 0 aliphatic heterocycles. The highest BCUT2D eigenvalue weighted by atomic mass is 16.6. The molecule has 2 rings (SSSR count). The molecular formula is C15H12N2O3. The van der Waals surface area contributed by atoms with Crippen molar-refractivity contribution < 1.29 is 9.72 Å². The van der Waals surface area contributed by atoms with E-state index in [1.54, 1.807) is 30.3 Å². The predicted octanol–water partition coefficient (Wildman–Crippen LogP) is 2.62. The lowest BCUT2D eigenvalue weighted by Crippen LogP contribution is -2.12. The Morgan fingerprint density at radius 2 is 1.65 bits per heavy atom. The maximum atomic E-state index is 11.5. The quantitative estimate of drug-likeness (QED) is 0.400. The number of benzene rings is 2. The van der Waals surface area contributed by atoms with E-state index in [2.05, 4.69) is 0 Å². The fraction of sp³-hybridized carbons (Fsp3) is 0. The fourth-order valence-electron chi connectivity index (χ4n) is 1.77. The zero-order chi connectivity index (χ0) is 14.5. The average Bonchev–Trinajstić information content (AvgIpc) is 2.46. The number of carbonyl (C=O) groups is 1. The maximum Gasteiger partial charge on any atom is 0.269 e. The van der Waals surface area contributed by atoms with E-state index >= 15 is 0 Å². The number of amides is 1. The Kier molecular flexibility index (Phi) is 3.91. The number of nitro benzene ring substituents is 1. The van der Waals surface area contributed by atoms with Crippen molar-refractivity contribution in [2.75, 3.05) is 0 Å². The van der Waals surface area contributed by atoms with Gasteiger partial charge in [-0.15, -0.1) is 0 Å². The molecule has 0 bridgehead atoms. The zero-order valence-corrected chi connectivity index (χ0v) is 10.5. The number of rotatable bonds is 4. The molecule has 0 atom stereocenters. The van der Waals surface area contributed by atoms with E-state index in [9.17, 15) is 14.9 Å². The molecule has 0 aliphatic carbocycles. The molecular weight excluding hydrogens is 256 g/mol. The van der Waals surface area contributed by atoms with Crippen molar-refractivity contribution in [2.45, 2.75) is 0 Å². The number of non-ortho nitro benzene ring substituents is 1. The Bertz CT molecular complexity index is 661. The van der Waals surface area contributed by atoms with Crippen LogP contribution in [0.25, 0.3) is 11.6 Å². The third-order valence-corrected chi connectivity index (χ3v) is 2.77. The van der Waals surface area contributed by atoms with Gasteiger partial charge in [-0.2, -0.15) is 0 Å². The summed E-state index contributed by atoms with van der Waals surface area (Å²) >= 11 is 0. The second-order valence-electron chi connectivity index (χ2n) is 4.14. The monoisotopic (exact) mass is 268 g/mol. The summed E-state index contributed by atoms with van der Waals surface area (Å²) in [4.78, 5) is 21.6. The molecule has 0 unspecified atom stereocenters. The third-order valence-electron chi connectivity index (χ3n) is 2.77. The number of nitro groups is 1. The minimum absolute atomic E-state index is 0.00230. The maximum absolute atomic E-state index is 11.5. The number of primary amides is 1. The summed E-state index contributed by atoms with van der Waals surface area (Å²) in [5.74, 6) is -0.547. The van der Waals surface area contributed by atoms with Crippen LogP contribution < -0.4 is 5.73 Å². The van der Waals surface area contributed by atoms with Gasteiger partial charge in [-0.3, -0.25) is 14.9 Å². The van der Waals surface area contributed by atoms with Crippen molar-refractivity contribution in [2.24, 2.45) is 5.73 Å². The van der Waals surface area contributed by atoms with E-state index in [-0.39, 0.29) is 5.69 Å². The summed E-state index contributed by atoms with van der Waals surface area (Å²) in [5, 5.41) is 10.6. The Balaban J connectivity index is 2.39. The topological polar surface area (TPSA) is 86.2 Å². The van der Waals surface area contributed by atoms with Crippen molar-refractivity contribution in [3.05, 3.63) is 75.8 Å². The largest absolute Gasteiger partial charge is 0.366 e. The summed E-state index contributed by atoms with van der Waals surface area (Å²) in [5.41, 5.74) is 7.12. The van der Waals surface area contributed by atoms with Gasteiger partial charge in [0.15, 0.2) is 0 Å². The Labute approximate surface area is 115 Å². The van der Waals surface area contributed by atoms with E-state index in [0.717, 1.165) is 0 Å². The molecule has 0 heterocycles. The number of nitrogens with zero attached hydrogens (tertiary/aromatic N) is 1. The van der Waals surface area contributed by atoms with Crippen LogP contribution in [0.15, 0.2) is 54.6 Å². The first-order valence-electron chi connectivity index (χ1n) is 5.89. The van der Waals surface area contributed by atoms with Crippen LogP contribution in [0.3, 0.4) is 0 Å². The highest BCUT2D eigenvalue weighted by Crippen LogP contribution is 2.19. The molecule has 2 N–H and O–H groups in total. The van der Waals surface area contributed by atoms with Crippen molar-refractivity contribution in [1.82, 2.24) is 0 Å². The van der Waals surface area contributed by atoms with Gasteiger partial charge < -0.3 is 5.73 Å². The SMILES string of the molecule is NC(=O)/C(=C/c1ccc([N+](=O)[O-])cc1)c1ccccc1. The summed E-state index contributed by atoms with van der Waals surface area (Å²) in [6, 6.07) is 14.9. The van der Waals surface area contributed by atoms with Crippen molar-refractivity contribution in [3.8, 4) is 0 Å². The smallest absolute Gasteiger partial charge is 0.269 e. The molecule has 2 aromatic rings. The second-order valence-corrected chi connectivity index (χ2v) is 4.14. The van der Waals surface area contributed by atoms with Crippen LogP contribution in [-0.2, 0) is 4.79 Å². The molecule has 20 heavy (non-hydrogen) atoms. The standard InChI is InChI=1S/C15H12N2O3/c16-15(18)14(12-4-2-1-3-5-12)10-11-6-8-13(9-7-11)17(19)20/h1-10H,(H2,16,18)/b14-10+. The van der Waals surface area contributed by atoms with E-state index in [0.29, 0.717) is 16.7 Å². The van der Waals surface area contributed by atoms with Gasteiger partial charge in [0.05, 0.1) is 4.92 Å². The van der Waals surface area contributed by atoms with E-state index in [1.807, 2.05) is 18.2 Å². The highest BCUT2D eigenvalue weighted by molar-refractivity contribution is 6.23. The van der Waals surface area contributed by atoms with Gasteiger partial charge >= 0.3 is 0 Å². The molecule has 5 nitrogen and oxygen atoms in total. The van der Waals surface area contributed by atoms with Crippen molar-refractivity contribution in [3.63, 3.8) is 0 Å². The summed E-state index contributed by atoms with van der Waals surface area (Å²) < 4.78 is 0. The Hall–Kier alpha value is -2.95. The normalized spacial score (nSPS) is 11.1. The van der Waals surface area contributed by atoms with Crippen LogP contribution in [0.5, 0.6) is 0 Å². The molecule has 0 saturated carbocycles. The van der Waals surface area contributed by atoms with Crippen molar-refractivity contribution in [1.29, 1.82) is 0 Å². The van der Waals surface area contributed by atoms with Gasteiger partial charge in [-0.25, -0.2) is 0 Å². The first-order chi connectivity index (χ1) is 9.58. The lowest BCUT2D eigenvalue weighted by molar-refractivity contribution is -0.384. The Morgan fingerprint density at radius 1 is 1.05 bits per heavy atom. The molecule has 0 saturated heterocycles. The van der Waals surface area contributed by atoms with E-state index in [1.165, 1.54) is 12.1 Å². The van der Waals surface area contributed by atoms with Gasteiger partial charge in [0, 0.05) is 17.7 Å². The number of carbonyl (C=O) groups excluding carboxylic acids is 1. The number of hydrogen-bond acceptors (Lipinski definition) is 3. The summed E-state index contributed by atoms with van der Waals surface area (Å²) in [7, 11) is 0. The molecule has 0 aliphatic rings. The van der Waals surface area contributed by atoms with Gasteiger partial charge in [-0.1, -0.05) is 30.3 Å². The molecule has 1 amide bonds. The number of nitrogens with two attached hydrogens (primary N) is 1. The lowest BCUT2D eigenvalue weighted by atomic mass is 10.0. The van der Waals surface area contributed by atoms with E-state index < -0.39 is 10.8 Å². The predicted molar refractivity (Wildman–Crippen MR) is 76.6 cm³/mol. The van der Waals surface area contributed by atoms with Crippen LogP contribution in [-0.4, -0.2) is 10.8 Å². The van der Waals surface area contributed by atoms with Gasteiger partial charge in [-0.05, 0) is 29.3 Å². The molecule has 0 spiro atoms. The van der Waals surface area contributed by atoms with Gasteiger partial charge in [0.1, 0.15) is 0 Å². The van der Waals surface area contributed by atoms with Gasteiger partial charge in [0.2, 0.25) is 5.91 Å². The van der Waals surface area contributed by atoms with Crippen LogP contribution in [0.1, 0.15) is 11.1 Å². The molecule has 0 radical (unpaired) electrons. The fourth-order valence-corrected chi connectivity index (χ4v) is 1.77. The van der Waals surface area contributed by atoms with Crippen LogP contribution in [0.2, 0.25) is 0 Å². The zero-order valence-electron chi connectivity index (χ0n) is 10.5. The molecule has 0 aromatic heterocycles. The van der Waals surface area contributed by atoms with Crippen LogP contribution in [0, 0.1) is 10.1 Å².